The first kappa shape index (κ1) is 18.8. The second kappa shape index (κ2) is 6.82. The van der Waals surface area contributed by atoms with Gasteiger partial charge in [0, 0.05) is 38.8 Å². The van der Waals surface area contributed by atoms with E-state index in [0.717, 1.165) is 34.7 Å². The maximum atomic E-state index is 11.6. The lowest BCUT2D eigenvalue weighted by Gasteiger charge is -2.37. The number of nitrogens with zero attached hydrogens (tertiary/aromatic N) is 6. The molecule has 0 amide bonds. The molecule has 0 N–H and O–H groups in total. The summed E-state index contributed by atoms with van der Waals surface area (Å²) in [5, 5.41) is 0. The first-order valence-corrected chi connectivity index (χ1v) is 11.1. The number of aromatic nitrogens is 4. The minimum absolute atomic E-state index is 0.159. The van der Waals surface area contributed by atoms with Crippen LogP contribution in [0.15, 0.2) is 30.9 Å². The number of anilines is 2. The Morgan fingerprint density at radius 2 is 1.93 bits per heavy atom. The van der Waals surface area contributed by atoms with Crippen LogP contribution in [-0.4, -0.2) is 58.6 Å². The number of hydrogen-bond donors (Lipinski definition) is 0. The first-order chi connectivity index (χ1) is 13.3. The average molecular weight is 401 g/mol. The molecule has 0 bridgehead atoms. The van der Waals surface area contributed by atoms with Crippen LogP contribution < -0.4 is 4.90 Å². The second-order valence-electron chi connectivity index (χ2n) is 7.32. The van der Waals surface area contributed by atoms with Crippen LogP contribution in [0, 0.1) is 0 Å². The zero-order chi connectivity index (χ0) is 20.1. The minimum Gasteiger partial charge on any atom is -0.342 e. The van der Waals surface area contributed by atoms with Gasteiger partial charge in [-0.15, -0.1) is 0 Å². The molecule has 8 nitrogen and oxygen atoms in total. The standard InChI is InChI=1S/C19H24N6O2S/c1-5-13-6-16(14-10-25(11-14)28(4,26)27)20-9-18(13)24(3)15-7-17-19(21-8-15)22-12-23(17)2/h6-9,12,14H,5,10-11H2,1-4H3. The van der Waals surface area contributed by atoms with Gasteiger partial charge in [-0.1, -0.05) is 6.92 Å². The van der Waals surface area contributed by atoms with Crippen LogP contribution in [0.3, 0.4) is 0 Å². The average Bonchev–Trinajstić information content (AvgIpc) is 2.99. The van der Waals surface area contributed by atoms with Gasteiger partial charge in [-0.25, -0.2) is 22.7 Å². The Hall–Kier alpha value is -2.52. The molecule has 0 spiro atoms. The van der Waals surface area contributed by atoms with E-state index in [1.807, 2.05) is 31.1 Å². The summed E-state index contributed by atoms with van der Waals surface area (Å²) in [7, 11) is 0.841. The van der Waals surface area contributed by atoms with E-state index in [0.29, 0.717) is 13.1 Å². The molecule has 3 aromatic heterocycles. The highest BCUT2D eigenvalue weighted by Gasteiger charge is 2.35. The smallest absolute Gasteiger partial charge is 0.211 e. The summed E-state index contributed by atoms with van der Waals surface area (Å²) in [4.78, 5) is 15.4. The van der Waals surface area contributed by atoms with E-state index >= 15 is 0 Å². The number of fused-ring (bicyclic) bond motifs is 1. The zero-order valence-electron chi connectivity index (χ0n) is 16.5. The number of imidazole rings is 1. The monoisotopic (exact) mass is 400 g/mol. The van der Waals surface area contributed by atoms with E-state index in [2.05, 4.69) is 38.9 Å². The van der Waals surface area contributed by atoms with Gasteiger partial charge in [-0.3, -0.25) is 4.98 Å². The van der Waals surface area contributed by atoms with Gasteiger partial charge in [0.15, 0.2) is 5.65 Å². The largest absolute Gasteiger partial charge is 0.342 e. The molecule has 1 aliphatic heterocycles. The van der Waals surface area contributed by atoms with Crippen molar-refractivity contribution in [1.82, 2.24) is 23.8 Å². The second-order valence-corrected chi connectivity index (χ2v) is 9.30. The molecule has 1 aliphatic rings. The molecular weight excluding hydrogens is 376 g/mol. The van der Waals surface area contributed by atoms with Crippen LogP contribution in [0.25, 0.3) is 11.2 Å². The third-order valence-corrected chi connectivity index (χ3v) is 6.65. The maximum absolute atomic E-state index is 11.6. The Morgan fingerprint density at radius 1 is 1.18 bits per heavy atom. The van der Waals surface area contributed by atoms with Gasteiger partial charge in [-0.2, -0.15) is 0 Å². The van der Waals surface area contributed by atoms with Crippen molar-refractivity contribution in [2.45, 2.75) is 19.3 Å². The number of hydrogen-bond acceptors (Lipinski definition) is 6. The number of rotatable bonds is 5. The quantitative estimate of drug-likeness (QED) is 0.652. The van der Waals surface area contributed by atoms with Gasteiger partial charge in [0.05, 0.1) is 41.9 Å². The Morgan fingerprint density at radius 3 is 2.61 bits per heavy atom. The summed E-state index contributed by atoms with van der Waals surface area (Å²) in [5.41, 5.74) is 5.82. The van der Waals surface area contributed by atoms with Crippen molar-refractivity contribution in [1.29, 1.82) is 0 Å². The van der Waals surface area contributed by atoms with Crippen LogP contribution in [0.1, 0.15) is 24.1 Å². The van der Waals surface area contributed by atoms with Gasteiger partial charge in [0.1, 0.15) is 0 Å². The molecule has 0 aromatic carbocycles. The number of aryl methyl sites for hydroxylation is 2. The highest BCUT2D eigenvalue weighted by molar-refractivity contribution is 7.88. The lowest BCUT2D eigenvalue weighted by Crippen LogP contribution is -2.48. The number of sulfonamides is 1. The number of pyridine rings is 2. The highest BCUT2D eigenvalue weighted by Crippen LogP contribution is 2.33. The fourth-order valence-electron chi connectivity index (χ4n) is 3.53. The normalized spacial score (nSPS) is 15.7. The maximum Gasteiger partial charge on any atom is 0.211 e. The van der Waals surface area contributed by atoms with Crippen molar-refractivity contribution >= 4 is 32.6 Å². The van der Waals surface area contributed by atoms with Gasteiger partial charge in [0.2, 0.25) is 10.0 Å². The SMILES string of the molecule is CCc1cc(C2CN(S(C)(=O)=O)C2)ncc1N(C)c1cnc2ncn(C)c2c1. The van der Waals surface area contributed by atoms with Crippen molar-refractivity contribution in [3.63, 3.8) is 0 Å². The molecular formula is C19H24N6O2S. The zero-order valence-corrected chi connectivity index (χ0v) is 17.3. The predicted molar refractivity (Wildman–Crippen MR) is 109 cm³/mol. The van der Waals surface area contributed by atoms with Crippen molar-refractivity contribution in [2.75, 3.05) is 31.3 Å². The van der Waals surface area contributed by atoms with Gasteiger partial charge < -0.3 is 9.47 Å². The third-order valence-electron chi connectivity index (χ3n) is 5.42. The fourth-order valence-corrected chi connectivity index (χ4v) is 4.43. The molecule has 3 aromatic rings. The summed E-state index contributed by atoms with van der Waals surface area (Å²) >= 11 is 0. The van der Waals surface area contributed by atoms with E-state index in [4.69, 9.17) is 0 Å². The lowest BCUT2D eigenvalue weighted by atomic mass is 9.96. The molecule has 4 heterocycles. The van der Waals surface area contributed by atoms with Crippen LogP contribution in [0.5, 0.6) is 0 Å². The van der Waals surface area contributed by atoms with Crippen LogP contribution in [-0.2, 0) is 23.5 Å². The molecule has 1 fully saturated rings. The lowest BCUT2D eigenvalue weighted by molar-refractivity contribution is 0.262. The van der Waals surface area contributed by atoms with Crippen molar-refractivity contribution in [2.24, 2.45) is 7.05 Å². The fraction of sp³-hybridized carbons (Fsp3) is 0.421. The Labute approximate surface area is 164 Å². The molecule has 0 saturated carbocycles. The third kappa shape index (κ3) is 3.24. The Kier molecular flexibility index (Phi) is 4.59. The molecule has 28 heavy (non-hydrogen) atoms. The topological polar surface area (TPSA) is 84.2 Å². The van der Waals surface area contributed by atoms with Crippen molar-refractivity contribution in [3.05, 3.63) is 42.1 Å². The molecule has 148 valence electrons. The summed E-state index contributed by atoms with van der Waals surface area (Å²) < 4.78 is 26.6. The molecule has 1 saturated heterocycles. The van der Waals surface area contributed by atoms with Crippen LogP contribution >= 0.6 is 0 Å². The van der Waals surface area contributed by atoms with E-state index in [1.165, 1.54) is 16.1 Å². The summed E-state index contributed by atoms with van der Waals surface area (Å²) in [6.45, 7) is 3.12. The van der Waals surface area contributed by atoms with Crippen LogP contribution in [0.2, 0.25) is 0 Å². The summed E-state index contributed by atoms with van der Waals surface area (Å²) in [6.07, 6.45) is 7.56. The van der Waals surface area contributed by atoms with Crippen LogP contribution in [0.4, 0.5) is 11.4 Å². The first-order valence-electron chi connectivity index (χ1n) is 9.22. The summed E-state index contributed by atoms with van der Waals surface area (Å²) in [5.74, 6) is 0.159. The molecule has 0 aliphatic carbocycles. The van der Waals surface area contributed by atoms with E-state index in [1.54, 1.807) is 6.33 Å². The van der Waals surface area contributed by atoms with Gasteiger partial charge in [0.25, 0.3) is 0 Å². The molecule has 0 radical (unpaired) electrons. The van der Waals surface area contributed by atoms with E-state index in [9.17, 15) is 8.42 Å². The van der Waals surface area contributed by atoms with Gasteiger partial charge in [-0.05, 0) is 24.1 Å². The predicted octanol–water partition coefficient (Wildman–Crippen LogP) is 2.05. The highest BCUT2D eigenvalue weighted by atomic mass is 32.2. The van der Waals surface area contributed by atoms with Crippen molar-refractivity contribution < 1.29 is 8.42 Å². The van der Waals surface area contributed by atoms with Gasteiger partial charge >= 0.3 is 0 Å². The molecule has 0 unspecified atom stereocenters. The Bertz CT molecular complexity index is 1130. The molecule has 9 heteroatoms. The minimum atomic E-state index is -3.11. The Balaban J connectivity index is 1.61. The molecule has 4 rings (SSSR count). The van der Waals surface area contributed by atoms with E-state index in [-0.39, 0.29) is 5.92 Å². The van der Waals surface area contributed by atoms with E-state index < -0.39 is 10.0 Å². The summed E-state index contributed by atoms with van der Waals surface area (Å²) in [6, 6.07) is 4.17. The molecule has 0 atom stereocenters. The van der Waals surface area contributed by atoms with Crippen molar-refractivity contribution in [3.8, 4) is 0 Å².